The van der Waals surface area contributed by atoms with E-state index in [1.54, 1.807) is 11.8 Å². The van der Waals surface area contributed by atoms with Gasteiger partial charge in [0.25, 0.3) is 0 Å². The summed E-state index contributed by atoms with van der Waals surface area (Å²) in [7, 11) is 0. The van der Waals surface area contributed by atoms with Gasteiger partial charge in [0.1, 0.15) is 0 Å². The number of aliphatic hydroxyl groups is 1. The maximum Gasteiger partial charge on any atom is 0.0692 e. The van der Waals surface area contributed by atoms with Gasteiger partial charge in [-0.3, -0.25) is 0 Å². The molecule has 0 unspecified atom stereocenters. The van der Waals surface area contributed by atoms with Crippen LogP contribution in [0.1, 0.15) is 16.7 Å². The zero-order chi connectivity index (χ0) is 9.14. The largest absolute Gasteiger partial charge is 0.392 e. The van der Waals surface area contributed by atoms with Gasteiger partial charge in [0.15, 0.2) is 0 Å². The first-order valence-electron chi connectivity index (χ1n) is 3.94. The average molecular weight is 182 g/mol. The van der Waals surface area contributed by atoms with Crippen molar-refractivity contribution in [3.63, 3.8) is 0 Å². The second kappa shape index (κ2) is 3.97. The van der Waals surface area contributed by atoms with Crippen LogP contribution < -0.4 is 0 Å². The summed E-state index contributed by atoms with van der Waals surface area (Å²) < 4.78 is 0. The van der Waals surface area contributed by atoms with E-state index in [0.29, 0.717) is 0 Å². The molecule has 1 rings (SSSR count). The van der Waals surface area contributed by atoms with Gasteiger partial charge in [0.05, 0.1) is 6.61 Å². The molecule has 2 heteroatoms. The fourth-order valence-electron chi connectivity index (χ4n) is 1.45. The van der Waals surface area contributed by atoms with Gasteiger partial charge in [-0.05, 0) is 31.2 Å². The van der Waals surface area contributed by atoms with Crippen molar-refractivity contribution >= 4 is 11.8 Å². The Morgan fingerprint density at radius 2 is 2.00 bits per heavy atom. The molecule has 0 saturated heterocycles. The molecule has 1 nitrogen and oxygen atoms in total. The maximum atomic E-state index is 9.09. The summed E-state index contributed by atoms with van der Waals surface area (Å²) >= 11 is 1.70. The minimum absolute atomic E-state index is 0.138. The quantitative estimate of drug-likeness (QED) is 0.709. The lowest BCUT2D eigenvalue weighted by atomic mass is 10.1. The highest BCUT2D eigenvalue weighted by atomic mass is 32.2. The normalized spacial score (nSPS) is 10.3. The minimum Gasteiger partial charge on any atom is -0.392 e. The van der Waals surface area contributed by atoms with E-state index in [4.69, 9.17) is 5.11 Å². The molecule has 0 amide bonds. The summed E-state index contributed by atoms with van der Waals surface area (Å²) in [5, 5.41) is 9.09. The molecule has 0 fully saturated rings. The maximum absolute atomic E-state index is 9.09. The van der Waals surface area contributed by atoms with E-state index in [-0.39, 0.29) is 6.61 Å². The smallest absolute Gasteiger partial charge is 0.0692 e. The first-order chi connectivity index (χ1) is 5.69. The number of benzene rings is 1. The fourth-order valence-corrected chi connectivity index (χ4v) is 2.22. The molecular weight excluding hydrogens is 168 g/mol. The lowest BCUT2D eigenvalue weighted by Crippen LogP contribution is -1.91. The van der Waals surface area contributed by atoms with Crippen molar-refractivity contribution < 1.29 is 5.11 Å². The van der Waals surface area contributed by atoms with Gasteiger partial charge in [-0.15, -0.1) is 11.8 Å². The Hall–Kier alpha value is -0.470. The topological polar surface area (TPSA) is 20.2 Å². The zero-order valence-electron chi connectivity index (χ0n) is 7.72. The highest BCUT2D eigenvalue weighted by molar-refractivity contribution is 7.98. The van der Waals surface area contributed by atoms with E-state index in [2.05, 4.69) is 19.9 Å². The van der Waals surface area contributed by atoms with Gasteiger partial charge in [0, 0.05) is 4.90 Å². The van der Waals surface area contributed by atoms with Crippen LogP contribution in [0, 0.1) is 13.8 Å². The Morgan fingerprint density at radius 1 is 1.33 bits per heavy atom. The Balaban J connectivity index is 3.24. The molecule has 1 aromatic rings. The van der Waals surface area contributed by atoms with Crippen molar-refractivity contribution in [1.29, 1.82) is 0 Å². The molecule has 1 aromatic carbocycles. The summed E-state index contributed by atoms with van der Waals surface area (Å²) in [5.41, 5.74) is 3.51. The first-order valence-corrected chi connectivity index (χ1v) is 5.16. The van der Waals surface area contributed by atoms with Crippen LogP contribution in [0.4, 0.5) is 0 Å². The van der Waals surface area contributed by atoms with Crippen LogP contribution in [0.2, 0.25) is 0 Å². The van der Waals surface area contributed by atoms with E-state index in [1.807, 2.05) is 12.3 Å². The van der Waals surface area contributed by atoms with Gasteiger partial charge in [-0.1, -0.05) is 17.7 Å². The van der Waals surface area contributed by atoms with Gasteiger partial charge in [0.2, 0.25) is 0 Å². The van der Waals surface area contributed by atoms with Crippen LogP contribution in [0.15, 0.2) is 17.0 Å². The van der Waals surface area contributed by atoms with Crippen molar-refractivity contribution in [1.82, 2.24) is 0 Å². The molecule has 0 bridgehead atoms. The van der Waals surface area contributed by atoms with Crippen LogP contribution >= 0.6 is 11.8 Å². The van der Waals surface area contributed by atoms with Crippen molar-refractivity contribution in [3.05, 3.63) is 28.8 Å². The summed E-state index contributed by atoms with van der Waals surface area (Å²) in [4.78, 5) is 1.21. The number of rotatable bonds is 2. The predicted molar refractivity (Wildman–Crippen MR) is 53.6 cm³/mol. The molecule has 0 heterocycles. The number of aryl methyl sites for hydroxylation is 2. The molecular formula is C10H14OS. The minimum atomic E-state index is 0.138. The van der Waals surface area contributed by atoms with Crippen LogP contribution in [0.3, 0.4) is 0 Å². The fraction of sp³-hybridized carbons (Fsp3) is 0.400. The third kappa shape index (κ3) is 1.82. The van der Waals surface area contributed by atoms with Crippen LogP contribution in [-0.2, 0) is 6.61 Å². The number of aliphatic hydroxyl groups excluding tert-OH is 1. The van der Waals surface area contributed by atoms with Crippen molar-refractivity contribution in [2.45, 2.75) is 25.3 Å². The number of thioether (sulfide) groups is 1. The molecule has 1 N–H and O–H groups in total. The van der Waals surface area contributed by atoms with E-state index >= 15 is 0 Å². The monoisotopic (exact) mass is 182 g/mol. The predicted octanol–water partition coefficient (Wildman–Crippen LogP) is 2.52. The number of hydrogen-bond donors (Lipinski definition) is 1. The van der Waals surface area contributed by atoms with Crippen molar-refractivity contribution in [2.24, 2.45) is 0 Å². The average Bonchev–Trinajstić information content (AvgIpc) is 2.03. The van der Waals surface area contributed by atoms with E-state index in [1.165, 1.54) is 16.0 Å². The Morgan fingerprint density at radius 3 is 2.50 bits per heavy atom. The lowest BCUT2D eigenvalue weighted by Gasteiger charge is -2.09. The summed E-state index contributed by atoms with van der Waals surface area (Å²) in [6.45, 7) is 4.27. The molecule has 0 aromatic heterocycles. The zero-order valence-corrected chi connectivity index (χ0v) is 8.53. The van der Waals surface area contributed by atoms with Crippen LogP contribution in [0.25, 0.3) is 0 Å². The van der Waals surface area contributed by atoms with Gasteiger partial charge in [-0.25, -0.2) is 0 Å². The lowest BCUT2D eigenvalue weighted by molar-refractivity contribution is 0.278. The summed E-state index contributed by atoms with van der Waals surface area (Å²) in [5.74, 6) is 0. The van der Waals surface area contributed by atoms with Crippen LogP contribution in [0.5, 0.6) is 0 Å². The third-order valence-electron chi connectivity index (χ3n) is 1.87. The van der Waals surface area contributed by atoms with E-state index in [0.717, 1.165) is 5.56 Å². The Bertz CT molecular complexity index is 281. The molecule has 0 aliphatic carbocycles. The molecule has 0 aliphatic rings. The van der Waals surface area contributed by atoms with Gasteiger partial charge >= 0.3 is 0 Å². The molecule has 0 saturated carbocycles. The molecule has 0 aliphatic heterocycles. The molecule has 66 valence electrons. The second-order valence-corrected chi connectivity index (χ2v) is 3.75. The Labute approximate surface area is 77.8 Å². The highest BCUT2D eigenvalue weighted by Gasteiger charge is 2.04. The molecule has 0 atom stereocenters. The van der Waals surface area contributed by atoms with E-state index < -0.39 is 0 Å². The van der Waals surface area contributed by atoms with Crippen molar-refractivity contribution in [2.75, 3.05) is 6.26 Å². The highest BCUT2D eigenvalue weighted by Crippen LogP contribution is 2.25. The molecule has 0 radical (unpaired) electrons. The van der Waals surface area contributed by atoms with E-state index in [9.17, 15) is 0 Å². The Kier molecular flexibility index (Phi) is 3.18. The first kappa shape index (κ1) is 9.62. The van der Waals surface area contributed by atoms with Crippen LogP contribution in [-0.4, -0.2) is 11.4 Å². The molecule has 12 heavy (non-hydrogen) atoms. The standard InChI is InChI=1S/C10H14OS/c1-7-4-8(2)10(12-3)9(5-7)6-11/h4-5,11H,6H2,1-3H3. The third-order valence-corrected chi connectivity index (χ3v) is 2.86. The SMILES string of the molecule is CSc1c(C)cc(C)cc1CO. The van der Waals surface area contributed by atoms with Gasteiger partial charge < -0.3 is 5.11 Å². The summed E-state index contributed by atoms with van der Waals surface area (Å²) in [6.07, 6.45) is 2.04. The summed E-state index contributed by atoms with van der Waals surface area (Å²) in [6, 6.07) is 4.18. The molecule has 0 spiro atoms. The number of hydrogen-bond acceptors (Lipinski definition) is 2. The second-order valence-electron chi connectivity index (χ2n) is 2.93. The van der Waals surface area contributed by atoms with Crippen molar-refractivity contribution in [3.8, 4) is 0 Å². The van der Waals surface area contributed by atoms with Gasteiger partial charge in [-0.2, -0.15) is 0 Å².